The summed E-state index contributed by atoms with van der Waals surface area (Å²) in [7, 11) is 3.75. The molecule has 0 bridgehead atoms. The van der Waals surface area contributed by atoms with Crippen LogP contribution in [-0.2, 0) is 9.59 Å². The molecule has 5 heteroatoms. The van der Waals surface area contributed by atoms with Crippen molar-refractivity contribution >= 4 is 11.9 Å². The summed E-state index contributed by atoms with van der Waals surface area (Å²) < 4.78 is 0. The first kappa shape index (κ1) is 12.9. The van der Waals surface area contributed by atoms with Crippen molar-refractivity contribution < 1.29 is 14.7 Å². The Morgan fingerprint density at radius 3 is 2.21 bits per heavy atom. The molecule has 0 aliphatic heterocycles. The van der Waals surface area contributed by atoms with Gasteiger partial charge in [-0.1, -0.05) is 0 Å². The summed E-state index contributed by atoms with van der Waals surface area (Å²) in [6, 6.07) is 0. The number of likely N-dealkylation sites (N-methyl/N-ethyl adjacent to an activating group) is 1. The molecule has 0 aliphatic rings. The van der Waals surface area contributed by atoms with Crippen molar-refractivity contribution in [2.45, 2.75) is 13.3 Å². The first-order valence-corrected chi connectivity index (χ1v) is 4.61. The normalized spacial score (nSPS) is 10.3. The maximum atomic E-state index is 11.5. The quantitative estimate of drug-likeness (QED) is 0.652. The summed E-state index contributed by atoms with van der Waals surface area (Å²) in [5, 5.41) is 8.54. The molecule has 0 unspecified atom stereocenters. The molecule has 0 spiro atoms. The molecule has 0 aromatic heterocycles. The van der Waals surface area contributed by atoms with Crippen LogP contribution < -0.4 is 0 Å². The zero-order valence-corrected chi connectivity index (χ0v) is 8.99. The van der Waals surface area contributed by atoms with E-state index in [1.165, 1.54) is 4.90 Å². The number of carboxylic acids is 1. The molecule has 0 rings (SSSR count). The third-order valence-electron chi connectivity index (χ3n) is 1.83. The van der Waals surface area contributed by atoms with E-state index < -0.39 is 5.97 Å². The summed E-state index contributed by atoms with van der Waals surface area (Å²) in [5.74, 6) is -1.08. The minimum absolute atomic E-state index is 0.108. The SMILES string of the molecule is CCN(CC(=O)O)C(=O)CCN(C)C. The van der Waals surface area contributed by atoms with Crippen molar-refractivity contribution in [3.63, 3.8) is 0 Å². The molecule has 5 nitrogen and oxygen atoms in total. The highest BCUT2D eigenvalue weighted by Crippen LogP contribution is 1.95. The zero-order chi connectivity index (χ0) is 11.1. The van der Waals surface area contributed by atoms with E-state index >= 15 is 0 Å². The van der Waals surface area contributed by atoms with E-state index in [1.807, 2.05) is 19.0 Å². The molecule has 1 amide bonds. The number of nitrogens with zero attached hydrogens (tertiary/aromatic N) is 2. The molecular weight excluding hydrogens is 184 g/mol. The van der Waals surface area contributed by atoms with Crippen LogP contribution in [0.3, 0.4) is 0 Å². The van der Waals surface area contributed by atoms with Gasteiger partial charge in [-0.15, -0.1) is 0 Å². The number of rotatable bonds is 6. The van der Waals surface area contributed by atoms with Crippen LogP contribution in [-0.4, -0.2) is 60.5 Å². The molecule has 0 fully saturated rings. The largest absolute Gasteiger partial charge is 0.480 e. The van der Waals surface area contributed by atoms with Gasteiger partial charge in [-0.2, -0.15) is 0 Å². The Balaban J connectivity index is 3.98. The smallest absolute Gasteiger partial charge is 0.323 e. The lowest BCUT2D eigenvalue weighted by Crippen LogP contribution is -2.36. The number of hydrogen-bond donors (Lipinski definition) is 1. The van der Waals surface area contributed by atoms with Gasteiger partial charge in [0, 0.05) is 19.5 Å². The van der Waals surface area contributed by atoms with Crippen LogP contribution in [0.4, 0.5) is 0 Å². The van der Waals surface area contributed by atoms with Gasteiger partial charge in [-0.05, 0) is 21.0 Å². The van der Waals surface area contributed by atoms with Crippen LogP contribution >= 0.6 is 0 Å². The molecule has 1 N–H and O–H groups in total. The first-order valence-electron chi connectivity index (χ1n) is 4.61. The summed E-state index contributed by atoms with van der Waals surface area (Å²) in [4.78, 5) is 25.1. The monoisotopic (exact) mass is 202 g/mol. The predicted octanol–water partition coefficient (Wildman–Crippen LogP) is -0.129. The Labute approximate surface area is 84.3 Å². The molecule has 14 heavy (non-hydrogen) atoms. The second kappa shape index (κ2) is 6.37. The summed E-state index contributed by atoms with van der Waals surface area (Å²) in [6.07, 6.45) is 0.369. The third kappa shape index (κ3) is 5.53. The van der Waals surface area contributed by atoms with E-state index in [0.29, 0.717) is 19.5 Å². The Hall–Kier alpha value is -1.10. The van der Waals surface area contributed by atoms with Gasteiger partial charge in [-0.3, -0.25) is 9.59 Å². The number of hydrogen-bond acceptors (Lipinski definition) is 3. The minimum Gasteiger partial charge on any atom is -0.480 e. The second-order valence-electron chi connectivity index (χ2n) is 3.35. The number of aliphatic carboxylic acids is 1. The fraction of sp³-hybridized carbons (Fsp3) is 0.778. The molecule has 0 aliphatic carbocycles. The highest BCUT2D eigenvalue weighted by atomic mass is 16.4. The lowest BCUT2D eigenvalue weighted by Gasteiger charge is -2.19. The van der Waals surface area contributed by atoms with Gasteiger partial charge in [0.2, 0.25) is 5.91 Å². The van der Waals surface area contributed by atoms with Gasteiger partial charge in [0.1, 0.15) is 6.54 Å². The van der Waals surface area contributed by atoms with Gasteiger partial charge in [0.15, 0.2) is 0 Å². The molecule has 0 aromatic carbocycles. The second-order valence-corrected chi connectivity index (χ2v) is 3.35. The van der Waals surface area contributed by atoms with E-state index in [1.54, 1.807) is 6.92 Å². The Bertz CT molecular complexity index is 204. The topological polar surface area (TPSA) is 60.9 Å². The van der Waals surface area contributed by atoms with Crippen molar-refractivity contribution in [3.05, 3.63) is 0 Å². The van der Waals surface area contributed by atoms with Crippen LogP contribution in [0.2, 0.25) is 0 Å². The lowest BCUT2D eigenvalue weighted by atomic mass is 10.3. The van der Waals surface area contributed by atoms with Crippen LogP contribution in [0, 0.1) is 0 Å². The minimum atomic E-state index is -0.968. The zero-order valence-electron chi connectivity index (χ0n) is 8.99. The molecule has 0 saturated carbocycles. The fourth-order valence-corrected chi connectivity index (χ4v) is 1.02. The fourth-order valence-electron chi connectivity index (χ4n) is 1.02. The Morgan fingerprint density at radius 2 is 1.86 bits per heavy atom. The average molecular weight is 202 g/mol. The van der Waals surface area contributed by atoms with E-state index in [0.717, 1.165) is 0 Å². The van der Waals surface area contributed by atoms with E-state index in [9.17, 15) is 9.59 Å². The Kier molecular flexibility index (Phi) is 5.87. The molecule has 0 radical (unpaired) electrons. The lowest BCUT2D eigenvalue weighted by molar-refractivity contribution is -0.144. The maximum absolute atomic E-state index is 11.5. The van der Waals surface area contributed by atoms with Crippen molar-refractivity contribution in [1.82, 2.24) is 9.80 Å². The number of amides is 1. The molecule has 0 heterocycles. The van der Waals surface area contributed by atoms with Crippen LogP contribution in [0.25, 0.3) is 0 Å². The molecule has 0 aromatic rings. The standard InChI is InChI=1S/C9H18N2O3/c1-4-11(7-9(13)14)8(12)5-6-10(2)3/h4-7H2,1-3H3,(H,13,14). The maximum Gasteiger partial charge on any atom is 0.323 e. The number of carbonyl (C=O) groups is 2. The Morgan fingerprint density at radius 1 is 1.29 bits per heavy atom. The van der Waals surface area contributed by atoms with Crippen molar-refractivity contribution in [2.24, 2.45) is 0 Å². The van der Waals surface area contributed by atoms with Gasteiger partial charge in [0.25, 0.3) is 0 Å². The summed E-state index contributed by atoms with van der Waals surface area (Å²) in [5.41, 5.74) is 0. The van der Waals surface area contributed by atoms with E-state index in [-0.39, 0.29) is 12.5 Å². The summed E-state index contributed by atoms with van der Waals surface area (Å²) in [6.45, 7) is 2.66. The van der Waals surface area contributed by atoms with Crippen LogP contribution in [0.15, 0.2) is 0 Å². The third-order valence-corrected chi connectivity index (χ3v) is 1.83. The van der Waals surface area contributed by atoms with Gasteiger partial charge in [0.05, 0.1) is 0 Å². The van der Waals surface area contributed by atoms with Crippen LogP contribution in [0.1, 0.15) is 13.3 Å². The number of carboxylic acid groups (broad SMARTS) is 1. The van der Waals surface area contributed by atoms with Gasteiger partial charge >= 0.3 is 5.97 Å². The predicted molar refractivity (Wildman–Crippen MR) is 53.1 cm³/mol. The summed E-state index contributed by atoms with van der Waals surface area (Å²) >= 11 is 0. The van der Waals surface area contributed by atoms with Crippen LogP contribution in [0.5, 0.6) is 0 Å². The highest BCUT2D eigenvalue weighted by Gasteiger charge is 2.14. The molecule has 0 saturated heterocycles. The van der Waals surface area contributed by atoms with Gasteiger partial charge in [-0.25, -0.2) is 0 Å². The van der Waals surface area contributed by atoms with E-state index in [4.69, 9.17) is 5.11 Å². The highest BCUT2D eigenvalue weighted by molar-refractivity contribution is 5.81. The first-order chi connectivity index (χ1) is 6.47. The number of carbonyl (C=O) groups excluding carboxylic acids is 1. The van der Waals surface area contributed by atoms with E-state index in [2.05, 4.69) is 0 Å². The molecular formula is C9H18N2O3. The van der Waals surface area contributed by atoms with Crippen molar-refractivity contribution in [3.8, 4) is 0 Å². The van der Waals surface area contributed by atoms with Crippen molar-refractivity contribution in [2.75, 3.05) is 33.7 Å². The van der Waals surface area contributed by atoms with Gasteiger partial charge < -0.3 is 14.9 Å². The van der Waals surface area contributed by atoms with Crippen molar-refractivity contribution in [1.29, 1.82) is 0 Å². The molecule has 0 atom stereocenters. The molecule has 82 valence electrons. The average Bonchev–Trinajstić information content (AvgIpc) is 2.09.